The van der Waals surface area contributed by atoms with Crippen molar-refractivity contribution >= 4 is 27.5 Å². The number of hydrogen-bond donors (Lipinski definition) is 0. The summed E-state index contributed by atoms with van der Waals surface area (Å²) >= 11 is 0. The van der Waals surface area contributed by atoms with Crippen LogP contribution in [0.1, 0.15) is 52.9 Å². The molecule has 1 aromatic heterocycles. The zero-order valence-corrected chi connectivity index (χ0v) is 23.7. The van der Waals surface area contributed by atoms with Gasteiger partial charge in [-0.3, -0.25) is 9.59 Å². The quantitative estimate of drug-likeness (QED) is 0.172. The number of ether oxygens (including phenoxy) is 1. The lowest BCUT2D eigenvalue weighted by Crippen LogP contribution is -2.64. The average molecular weight is 585 g/mol. The molecule has 3 atom stereocenters. The van der Waals surface area contributed by atoms with Crippen LogP contribution in [0.3, 0.4) is 0 Å². The third-order valence-electron chi connectivity index (χ3n) is 8.09. The highest BCUT2D eigenvalue weighted by Gasteiger charge is 2.72. The Hall–Kier alpha value is -4.57. The number of fused-ring (bicyclic) bond motifs is 1. The van der Waals surface area contributed by atoms with Gasteiger partial charge >= 0.3 is 5.97 Å². The van der Waals surface area contributed by atoms with Crippen molar-refractivity contribution in [2.45, 2.75) is 42.5 Å². The van der Waals surface area contributed by atoms with Crippen LogP contribution in [0.2, 0.25) is 0 Å². The van der Waals surface area contributed by atoms with Gasteiger partial charge in [0.25, 0.3) is 0 Å². The number of amides is 1. The van der Waals surface area contributed by atoms with Crippen LogP contribution in [0.15, 0.2) is 102 Å². The summed E-state index contributed by atoms with van der Waals surface area (Å²) < 4.78 is 37.2. The average Bonchev–Trinajstić information content (AvgIpc) is 3.53. The molecule has 0 saturated carbocycles. The van der Waals surface area contributed by atoms with Crippen LogP contribution in [-0.4, -0.2) is 52.3 Å². The Kier molecular flexibility index (Phi) is 6.81. The number of rotatable bonds is 8. The fourth-order valence-electron chi connectivity index (χ4n) is 5.81. The minimum atomic E-state index is -4.00. The molecule has 214 valence electrons. The standard InChI is InChI=1S/C32H28N2O7S/c1-32(2)28(31(37)40-27(21-14-8-4-9-15-21)22-16-10-5-11-17-22)34-29(36)24(30(34)42(32,38)39)18-23-19-25(41-33-23)26(35)20-12-6-3-7-13-20/h3-17,19,24,27-28,30H,18H2,1-2H3/t24-,28+,30-/m1/s1. The summed E-state index contributed by atoms with van der Waals surface area (Å²) in [5.74, 6) is -2.65. The van der Waals surface area contributed by atoms with Gasteiger partial charge in [-0.2, -0.15) is 0 Å². The minimum Gasteiger partial charge on any atom is -0.451 e. The predicted octanol–water partition coefficient (Wildman–Crippen LogP) is 4.14. The van der Waals surface area contributed by atoms with E-state index in [1.807, 2.05) is 60.7 Å². The molecule has 0 radical (unpaired) electrons. The highest BCUT2D eigenvalue weighted by atomic mass is 32.2. The van der Waals surface area contributed by atoms with Crippen molar-refractivity contribution in [3.63, 3.8) is 0 Å². The van der Waals surface area contributed by atoms with Gasteiger partial charge in [0.1, 0.15) is 11.4 Å². The maximum Gasteiger partial charge on any atom is 0.331 e. The van der Waals surface area contributed by atoms with E-state index in [-0.39, 0.29) is 23.7 Å². The molecule has 2 fully saturated rings. The second-order valence-corrected chi connectivity index (χ2v) is 13.6. The van der Waals surface area contributed by atoms with E-state index in [4.69, 9.17) is 9.26 Å². The number of carbonyl (C=O) groups is 3. The largest absolute Gasteiger partial charge is 0.451 e. The van der Waals surface area contributed by atoms with Crippen LogP contribution in [0.4, 0.5) is 0 Å². The molecule has 42 heavy (non-hydrogen) atoms. The molecule has 3 aromatic carbocycles. The molecule has 0 spiro atoms. The number of carbonyl (C=O) groups excluding carboxylic acids is 3. The zero-order chi connectivity index (χ0) is 29.6. The Bertz CT molecular complexity index is 1710. The number of ketones is 1. The Morgan fingerprint density at radius 3 is 2.05 bits per heavy atom. The Morgan fingerprint density at radius 1 is 0.929 bits per heavy atom. The van der Waals surface area contributed by atoms with Gasteiger partial charge in [-0.05, 0) is 25.0 Å². The highest BCUT2D eigenvalue weighted by Crippen LogP contribution is 2.50. The molecule has 10 heteroatoms. The van der Waals surface area contributed by atoms with Crippen LogP contribution in [0.5, 0.6) is 0 Å². The number of esters is 1. The Morgan fingerprint density at radius 2 is 1.48 bits per heavy atom. The fourth-order valence-corrected chi connectivity index (χ4v) is 8.13. The third kappa shape index (κ3) is 4.42. The van der Waals surface area contributed by atoms with E-state index in [2.05, 4.69) is 5.16 Å². The van der Waals surface area contributed by atoms with Crippen molar-refractivity contribution < 1.29 is 32.1 Å². The first-order valence-electron chi connectivity index (χ1n) is 13.5. The molecule has 2 aliphatic heterocycles. The maximum atomic E-state index is 13.8. The first-order chi connectivity index (χ1) is 20.1. The van der Waals surface area contributed by atoms with Gasteiger partial charge < -0.3 is 14.2 Å². The molecule has 9 nitrogen and oxygen atoms in total. The van der Waals surface area contributed by atoms with Gasteiger partial charge in [0.15, 0.2) is 15.9 Å². The number of sulfone groups is 1. The van der Waals surface area contributed by atoms with E-state index in [1.165, 1.54) is 19.9 Å². The third-order valence-corrected chi connectivity index (χ3v) is 11.0. The molecular weight excluding hydrogens is 556 g/mol. The Balaban J connectivity index is 1.25. The van der Waals surface area contributed by atoms with Crippen molar-refractivity contribution in [1.29, 1.82) is 0 Å². The summed E-state index contributed by atoms with van der Waals surface area (Å²) in [4.78, 5) is 41.1. The number of hydrogen-bond acceptors (Lipinski definition) is 8. The highest BCUT2D eigenvalue weighted by molar-refractivity contribution is 7.93. The first kappa shape index (κ1) is 27.6. The molecule has 3 heterocycles. The van der Waals surface area contributed by atoms with Crippen LogP contribution in [-0.2, 0) is 30.6 Å². The van der Waals surface area contributed by atoms with Gasteiger partial charge in [0, 0.05) is 18.1 Å². The summed E-state index contributed by atoms with van der Waals surface area (Å²) in [6.45, 7) is 2.90. The van der Waals surface area contributed by atoms with Gasteiger partial charge in [-0.15, -0.1) is 0 Å². The van der Waals surface area contributed by atoms with Crippen molar-refractivity contribution in [3.05, 3.63) is 125 Å². The molecule has 2 aliphatic rings. The first-order valence-corrected chi connectivity index (χ1v) is 15.1. The molecule has 6 rings (SSSR count). The summed E-state index contributed by atoms with van der Waals surface area (Å²) in [6, 6.07) is 26.9. The van der Waals surface area contributed by atoms with Crippen LogP contribution < -0.4 is 0 Å². The van der Waals surface area contributed by atoms with Gasteiger partial charge in [-0.25, -0.2) is 13.2 Å². The summed E-state index contributed by atoms with van der Waals surface area (Å²) in [6.07, 6.45) is -0.848. The molecule has 4 aromatic rings. The van der Waals surface area contributed by atoms with Crippen LogP contribution >= 0.6 is 0 Å². The molecule has 2 saturated heterocycles. The zero-order valence-electron chi connectivity index (χ0n) is 22.9. The number of aromatic nitrogens is 1. The van der Waals surface area contributed by atoms with E-state index < -0.39 is 49.9 Å². The van der Waals surface area contributed by atoms with E-state index in [0.717, 1.165) is 4.90 Å². The lowest BCUT2D eigenvalue weighted by atomic mass is 9.88. The molecule has 0 bridgehead atoms. The summed E-state index contributed by atoms with van der Waals surface area (Å²) in [5, 5.41) is 2.70. The monoisotopic (exact) mass is 584 g/mol. The summed E-state index contributed by atoms with van der Waals surface area (Å²) in [7, 11) is -4.00. The Labute approximate surface area is 243 Å². The van der Waals surface area contributed by atoms with Crippen molar-refractivity contribution in [1.82, 2.24) is 10.1 Å². The second-order valence-electron chi connectivity index (χ2n) is 11.0. The van der Waals surface area contributed by atoms with Gasteiger partial charge in [-0.1, -0.05) is 96.2 Å². The predicted molar refractivity (Wildman–Crippen MR) is 152 cm³/mol. The minimum absolute atomic E-state index is 0.0104. The van der Waals surface area contributed by atoms with Crippen molar-refractivity contribution in [3.8, 4) is 0 Å². The lowest BCUT2D eigenvalue weighted by molar-refractivity contribution is -0.168. The van der Waals surface area contributed by atoms with Crippen LogP contribution in [0.25, 0.3) is 0 Å². The summed E-state index contributed by atoms with van der Waals surface area (Å²) in [5.41, 5.74) is 2.12. The van der Waals surface area contributed by atoms with E-state index in [9.17, 15) is 22.8 Å². The second kappa shape index (κ2) is 10.4. The number of nitrogens with zero attached hydrogens (tertiary/aromatic N) is 2. The lowest BCUT2D eigenvalue weighted by Gasteiger charge is -2.43. The van der Waals surface area contributed by atoms with E-state index >= 15 is 0 Å². The van der Waals surface area contributed by atoms with Crippen molar-refractivity contribution in [2.75, 3.05) is 0 Å². The molecule has 0 unspecified atom stereocenters. The maximum absolute atomic E-state index is 13.8. The van der Waals surface area contributed by atoms with Gasteiger partial charge in [0.05, 0.1) is 16.4 Å². The van der Waals surface area contributed by atoms with E-state index in [0.29, 0.717) is 16.7 Å². The van der Waals surface area contributed by atoms with Crippen molar-refractivity contribution in [2.24, 2.45) is 5.92 Å². The molecule has 0 N–H and O–H groups in total. The van der Waals surface area contributed by atoms with Gasteiger partial charge in [0.2, 0.25) is 17.5 Å². The number of β-lactam (4-membered cyclic amide) rings is 1. The molecule has 0 aliphatic carbocycles. The normalized spacial score (nSPS) is 21.9. The van der Waals surface area contributed by atoms with E-state index in [1.54, 1.807) is 30.3 Å². The molecule has 1 amide bonds. The fraction of sp³-hybridized carbons (Fsp3) is 0.250. The topological polar surface area (TPSA) is 124 Å². The smallest absolute Gasteiger partial charge is 0.331 e. The number of benzene rings is 3. The SMILES string of the molecule is CC1(C)[C@H](C(=O)OC(c2ccccc2)c2ccccc2)N2C(=O)[C@@H](Cc3cc(C(=O)c4ccccc4)on3)[C@H]2S1(=O)=O. The van der Waals surface area contributed by atoms with Crippen LogP contribution in [0, 0.1) is 5.92 Å². The molecular formula is C32H28N2O7S.